The molecule has 2 unspecified atom stereocenters. The highest BCUT2D eigenvalue weighted by Crippen LogP contribution is 2.55. The van der Waals surface area contributed by atoms with Crippen LogP contribution in [0.3, 0.4) is 0 Å². The van der Waals surface area contributed by atoms with Crippen LogP contribution >= 0.6 is 0 Å². The molecule has 1 heteroatoms. The summed E-state index contributed by atoms with van der Waals surface area (Å²) < 4.78 is 0. The van der Waals surface area contributed by atoms with Crippen LogP contribution in [0, 0.1) is 31.1 Å². The summed E-state index contributed by atoms with van der Waals surface area (Å²) in [5, 5.41) is 9.32. The Kier molecular flexibility index (Phi) is 2.31. The second kappa shape index (κ2) is 3.38. The molecule has 0 aromatic heterocycles. The third-order valence-electron chi connectivity index (χ3n) is 3.82. The number of nitriles is 1. The maximum Gasteiger partial charge on any atom is 0.0854 e. The van der Waals surface area contributed by atoms with Gasteiger partial charge in [0.25, 0.3) is 0 Å². The molecular formula is C14H17N. The second-order valence-electron chi connectivity index (χ2n) is 4.69. The molecule has 1 aliphatic carbocycles. The van der Waals surface area contributed by atoms with Crippen molar-refractivity contribution in [2.75, 3.05) is 0 Å². The minimum Gasteiger partial charge on any atom is -0.197 e. The van der Waals surface area contributed by atoms with Crippen LogP contribution in [0.25, 0.3) is 0 Å². The molecule has 0 radical (unpaired) electrons. The number of aryl methyl sites for hydroxylation is 2. The van der Waals surface area contributed by atoms with Gasteiger partial charge in [0.1, 0.15) is 0 Å². The van der Waals surface area contributed by atoms with Crippen LogP contribution in [0.1, 0.15) is 36.5 Å². The van der Waals surface area contributed by atoms with E-state index in [9.17, 15) is 5.26 Å². The largest absolute Gasteiger partial charge is 0.197 e. The molecule has 1 fully saturated rings. The Labute approximate surface area is 91.7 Å². The first-order chi connectivity index (χ1) is 7.14. The van der Waals surface area contributed by atoms with Gasteiger partial charge in [0.15, 0.2) is 0 Å². The van der Waals surface area contributed by atoms with Gasteiger partial charge in [-0.25, -0.2) is 0 Å². The quantitative estimate of drug-likeness (QED) is 0.715. The van der Waals surface area contributed by atoms with Crippen molar-refractivity contribution in [2.24, 2.45) is 5.92 Å². The molecule has 78 valence electrons. The first-order valence-electron chi connectivity index (χ1n) is 5.63. The zero-order chi connectivity index (χ0) is 11.1. The standard InChI is InChI=1S/C14H17N/c1-4-12-8-14(12,9-15)13-6-5-10(2)11(3)7-13/h5-7,12H,4,8H2,1-3H3. The van der Waals surface area contributed by atoms with Crippen molar-refractivity contribution < 1.29 is 0 Å². The normalized spacial score (nSPS) is 28.5. The Hall–Kier alpha value is -1.29. The number of nitrogens with zero attached hydrogens (tertiary/aromatic N) is 1. The van der Waals surface area contributed by atoms with E-state index in [4.69, 9.17) is 0 Å². The molecule has 0 bridgehead atoms. The number of hydrogen-bond donors (Lipinski definition) is 0. The molecule has 1 aromatic rings. The zero-order valence-electron chi connectivity index (χ0n) is 9.67. The summed E-state index contributed by atoms with van der Waals surface area (Å²) in [4.78, 5) is 0. The van der Waals surface area contributed by atoms with Crippen LogP contribution in [0.15, 0.2) is 18.2 Å². The Morgan fingerprint density at radius 3 is 2.60 bits per heavy atom. The Bertz CT molecular complexity index is 427. The molecule has 1 nitrogen and oxygen atoms in total. The Balaban J connectivity index is 2.39. The molecule has 0 saturated heterocycles. The lowest BCUT2D eigenvalue weighted by atomic mass is 9.91. The van der Waals surface area contributed by atoms with Gasteiger partial charge < -0.3 is 0 Å². The van der Waals surface area contributed by atoms with Gasteiger partial charge in [0.2, 0.25) is 0 Å². The van der Waals surface area contributed by atoms with Gasteiger partial charge in [0.05, 0.1) is 11.5 Å². The second-order valence-corrected chi connectivity index (χ2v) is 4.69. The summed E-state index contributed by atoms with van der Waals surface area (Å²) in [6.45, 7) is 6.40. The minimum absolute atomic E-state index is 0.160. The van der Waals surface area contributed by atoms with Gasteiger partial charge in [-0.15, -0.1) is 0 Å². The molecule has 1 aromatic carbocycles. The number of benzene rings is 1. The lowest BCUT2D eigenvalue weighted by molar-refractivity contribution is 0.700. The zero-order valence-corrected chi connectivity index (χ0v) is 9.67. The summed E-state index contributed by atoms with van der Waals surface area (Å²) in [5.74, 6) is 0.574. The number of hydrogen-bond acceptors (Lipinski definition) is 1. The van der Waals surface area contributed by atoms with Gasteiger partial charge >= 0.3 is 0 Å². The van der Waals surface area contributed by atoms with Crippen molar-refractivity contribution in [3.05, 3.63) is 34.9 Å². The third kappa shape index (κ3) is 1.45. The summed E-state index contributed by atoms with van der Waals surface area (Å²) >= 11 is 0. The van der Waals surface area contributed by atoms with Crippen molar-refractivity contribution in [2.45, 2.75) is 39.0 Å². The SMILES string of the molecule is CCC1CC1(C#N)c1ccc(C)c(C)c1. The average molecular weight is 199 g/mol. The predicted octanol–water partition coefficient (Wildman–Crippen LogP) is 3.49. The van der Waals surface area contributed by atoms with Gasteiger partial charge in [-0.1, -0.05) is 31.5 Å². The molecule has 2 atom stereocenters. The molecule has 0 aliphatic heterocycles. The molecular weight excluding hydrogens is 182 g/mol. The van der Waals surface area contributed by atoms with E-state index >= 15 is 0 Å². The van der Waals surface area contributed by atoms with E-state index in [1.54, 1.807) is 0 Å². The molecule has 0 spiro atoms. The molecule has 1 saturated carbocycles. The summed E-state index contributed by atoms with van der Waals surface area (Å²) in [6.07, 6.45) is 2.16. The molecule has 2 rings (SSSR count). The summed E-state index contributed by atoms with van der Waals surface area (Å²) in [7, 11) is 0. The third-order valence-corrected chi connectivity index (χ3v) is 3.82. The van der Waals surface area contributed by atoms with Crippen molar-refractivity contribution >= 4 is 0 Å². The van der Waals surface area contributed by atoms with E-state index in [0.717, 1.165) is 12.8 Å². The fourth-order valence-corrected chi connectivity index (χ4v) is 2.40. The van der Waals surface area contributed by atoms with E-state index < -0.39 is 0 Å². The van der Waals surface area contributed by atoms with Gasteiger partial charge in [-0.05, 0) is 42.9 Å². The minimum atomic E-state index is -0.160. The first-order valence-corrected chi connectivity index (χ1v) is 5.63. The van der Waals surface area contributed by atoms with Crippen molar-refractivity contribution in [1.82, 2.24) is 0 Å². The van der Waals surface area contributed by atoms with Crippen molar-refractivity contribution in [3.8, 4) is 6.07 Å². The molecule has 0 heterocycles. The molecule has 15 heavy (non-hydrogen) atoms. The average Bonchev–Trinajstić information content (AvgIpc) is 2.97. The fraction of sp³-hybridized carbons (Fsp3) is 0.500. The first kappa shape index (κ1) is 10.2. The fourth-order valence-electron chi connectivity index (χ4n) is 2.40. The maximum absolute atomic E-state index is 9.32. The van der Waals surface area contributed by atoms with Crippen molar-refractivity contribution in [1.29, 1.82) is 5.26 Å². The Morgan fingerprint density at radius 1 is 1.40 bits per heavy atom. The Morgan fingerprint density at radius 2 is 2.13 bits per heavy atom. The van der Waals surface area contributed by atoms with Gasteiger partial charge in [-0.2, -0.15) is 5.26 Å². The van der Waals surface area contributed by atoms with Crippen LogP contribution in [0.5, 0.6) is 0 Å². The van der Waals surface area contributed by atoms with E-state index in [0.29, 0.717) is 5.92 Å². The highest BCUT2D eigenvalue weighted by atomic mass is 14.6. The summed E-state index contributed by atoms with van der Waals surface area (Å²) in [5.41, 5.74) is 3.66. The van der Waals surface area contributed by atoms with Crippen LogP contribution in [-0.2, 0) is 5.41 Å². The smallest absolute Gasteiger partial charge is 0.0854 e. The topological polar surface area (TPSA) is 23.8 Å². The van der Waals surface area contributed by atoms with Gasteiger partial charge in [0, 0.05) is 0 Å². The van der Waals surface area contributed by atoms with Crippen LogP contribution in [0.2, 0.25) is 0 Å². The van der Waals surface area contributed by atoms with E-state index in [1.807, 2.05) is 0 Å². The van der Waals surface area contributed by atoms with E-state index in [1.165, 1.54) is 16.7 Å². The van der Waals surface area contributed by atoms with Gasteiger partial charge in [-0.3, -0.25) is 0 Å². The molecule has 1 aliphatic rings. The lowest BCUT2D eigenvalue weighted by Gasteiger charge is -2.10. The van der Waals surface area contributed by atoms with Crippen LogP contribution in [0.4, 0.5) is 0 Å². The van der Waals surface area contributed by atoms with E-state index in [2.05, 4.69) is 45.0 Å². The molecule has 0 N–H and O–H groups in total. The molecule has 0 amide bonds. The van der Waals surface area contributed by atoms with E-state index in [-0.39, 0.29) is 5.41 Å². The summed E-state index contributed by atoms with van der Waals surface area (Å²) in [6, 6.07) is 8.97. The highest BCUT2D eigenvalue weighted by Gasteiger charge is 2.54. The maximum atomic E-state index is 9.32. The monoisotopic (exact) mass is 199 g/mol. The van der Waals surface area contributed by atoms with Crippen molar-refractivity contribution in [3.63, 3.8) is 0 Å². The lowest BCUT2D eigenvalue weighted by Crippen LogP contribution is -2.07. The van der Waals surface area contributed by atoms with Crippen LogP contribution in [-0.4, -0.2) is 0 Å². The number of rotatable bonds is 2. The highest BCUT2D eigenvalue weighted by molar-refractivity contribution is 5.44. The van der Waals surface area contributed by atoms with Crippen LogP contribution < -0.4 is 0 Å². The predicted molar refractivity (Wildman–Crippen MR) is 61.6 cm³/mol.